The zero-order valence-electron chi connectivity index (χ0n) is 9.06. The number of halogens is 1. The number of nitrogens with zero attached hydrogens (tertiary/aromatic N) is 3. The molecule has 0 aliphatic rings. The molecule has 2 rings (SSSR count). The number of hydrogen-bond donors (Lipinski definition) is 0. The second kappa shape index (κ2) is 5.60. The van der Waals surface area contributed by atoms with Gasteiger partial charge in [0.25, 0.3) is 0 Å². The van der Waals surface area contributed by atoms with Crippen LogP contribution < -0.4 is 0 Å². The number of unbranched alkanes of at least 4 members (excludes halogenated alkanes) is 1. The van der Waals surface area contributed by atoms with Gasteiger partial charge in [-0.05, 0) is 30.7 Å². The Kier molecular flexibility index (Phi) is 3.89. The molecule has 17 heavy (non-hydrogen) atoms. The van der Waals surface area contributed by atoms with Crippen LogP contribution in [0, 0.1) is 11.3 Å². The average molecular weight is 292 g/mol. The average Bonchev–Trinajstić information content (AvgIpc) is 2.79. The minimum Gasteiger partial charge on any atom is -0.339 e. The molecule has 0 amide bonds. The van der Waals surface area contributed by atoms with Crippen molar-refractivity contribution in [3.05, 3.63) is 34.6 Å². The Morgan fingerprint density at radius 3 is 2.76 bits per heavy atom. The summed E-state index contributed by atoms with van der Waals surface area (Å²) in [5.41, 5.74) is 0.920. The number of aromatic nitrogens is 2. The zero-order valence-corrected chi connectivity index (χ0v) is 10.6. The molecule has 0 atom stereocenters. The summed E-state index contributed by atoms with van der Waals surface area (Å²) < 4.78 is 6.13. The molecule has 0 unspecified atom stereocenters. The van der Waals surface area contributed by atoms with Crippen LogP contribution in [-0.2, 0) is 6.42 Å². The van der Waals surface area contributed by atoms with Gasteiger partial charge in [0.15, 0.2) is 0 Å². The van der Waals surface area contributed by atoms with E-state index < -0.39 is 0 Å². The fourth-order valence-electron chi connectivity index (χ4n) is 1.39. The Morgan fingerprint density at radius 1 is 1.29 bits per heavy atom. The van der Waals surface area contributed by atoms with Crippen molar-refractivity contribution in [3.8, 4) is 17.5 Å². The van der Waals surface area contributed by atoms with Gasteiger partial charge in [-0.25, -0.2) is 0 Å². The lowest BCUT2D eigenvalue weighted by Crippen LogP contribution is -1.85. The predicted molar refractivity (Wildman–Crippen MR) is 66.0 cm³/mol. The second-order valence-electron chi connectivity index (χ2n) is 3.53. The molecule has 1 aromatic carbocycles. The summed E-state index contributed by atoms with van der Waals surface area (Å²) in [7, 11) is 0. The molecule has 1 heterocycles. The lowest BCUT2D eigenvalue weighted by atomic mass is 10.2. The first-order valence-corrected chi connectivity index (χ1v) is 6.04. The Hall–Kier alpha value is -1.67. The van der Waals surface area contributed by atoms with Gasteiger partial charge in [-0.1, -0.05) is 21.1 Å². The molecule has 0 saturated carbocycles. The van der Waals surface area contributed by atoms with Crippen molar-refractivity contribution in [1.82, 2.24) is 10.1 Å². The maximum atomic E-state index is 8.43. The molecule has 0 spiro atoms. The Balaban J connectivity index is 2.08. The van der Waals surface area contributed by atoms with Gasteiger partial charge in [0.1, 0.15) is 0 Å². The van der Waals surface area contributed by atoms with Crippen molar-refractivity contribution < 1.29 is 4.52 Å². The summed E-state index contributed by atoms with van der Waals surface area (Å²) in [5, 5.41) is 12.3. The summed E-state index contributed by atoms with van der Waals surface area (Å²) in [6.45, 7) is 0. The van der Waals surface area contributed by atoms with E-state index in [-0.39, 0.29) is 0 Å². The molecule has 5 heteroatoms. The van der Waals surface area contributed by atoms with E-state index in [1.54, 1.807) is 0 Å². The Bertz CT molecular complexity index is 527. The van der Waals surface area contributed by atoms with Gasteiger partial charge >= 0.3 is 0 Å². The van der Waals surface area contributed by atoms with Crippen molar-refractivity contribution in [2.75, 3.05) is 0 Å². The highest BCUT2D eigenvalue weighted by Crippen LogP contribution is 2.19. The van der Waals surface area contributed by atoms with Crippen LogP contribution in [0.4, 0.5) is 0 Å². The molecule has 0 fully saturated rings. The Morgan fingerprint density at radius 2 is 2.06 bits per heavy atom. The maximum absolute atomic E-state index is 8.43. The van der Waals surface area contributed by atoms with E-state index in [9.17, 15) is 0 Å². The first-order valence-electron chi connectivity index (χ1n) is 5.25. The van der Waals surface area contributed by atoms with Crippen LogP contribution in [0.5, 0.6) is 0 Å². The molecule has 2 aromatic rings. The van der Waals surface area contributed by atoms with Crippen LogP contribution in [0.3, 0.4) is 0 Å². The lowest BCUT2D eigenvalue weighted by molar-refractivity contribution is 0.376. The highest BCUT2D eigenvalue weighted by Gasteiger charge is 2.07. The summed E-state index contributed by atoms with van der Waals surface area (Å²) in [6.07, 6.45) is 1.91. The molecule has 4 nitrogen and oxygen atoms in total. The molecule has 0 bridgehead atoms. The maximum Gasteiger partial charge on any atom is 0.226 e. The van der Waals surface area contributed by atoms with E-state index in [1.807, 2.05) is 24.3 Å². The normalized spacial score (nSPS) is 10.1. The number of hydrogen-bond acceptors (Lipinski definition) is 4. The van der Waals surface area contributed by atoms with Gasteiger partial charge in [-0.15, -0.1) is 0 Å². The predicted octanol–water partition coefficient (Wildman–Crippen LogP) is 3.35. The topological polar surface area (TPSA) is 62.7 Å². The molecular formula is C12H10BrN3O. The van der Waals surface area contributed by atoms with Crippen LogP contribution in [0.2, 0.25) is 0 Å². The van der Waals surface area contributed by atoms with Crippen molar-refractivity contribution in [3.63, 3.8) is 0 Å². The summed E-state index contributed by atoms with van der Waals surface area (Å²) in [5.74, 6) is 1.17. The van der Waals surface area contributed by atoms with Crippen molar-refractivity contribution >= 4 is 15.9 Å². The van der Waals surface area contributed by atoms with Crippen LogP contribution >= 0.6 is 15.9 Å². The third kappa shape index (κ3) is 3.14. The van der Waals surface area contributed by atoms with Crippen LogP contribution in [-0.4, -0.2) is 10.1 Å². The zero-order chi connectivity index (χ0) is 12.1. The monoisotopic (exact) mass is 291 g/mol. The lowest BCUT2D eigenvalue weighted by Gasteiger charge is -1.93. The van der Waals surface area contributed by atoms with Gasteiger partial charge < -0.3 is 4.52 Å². The molecule has 0 aliphatic carbocycles. The van der Waals surface area contributed by atoms with Gasteiger partial charge in [0.05, 0.1) is 6.07 Å². The van der Waals surface area contributed by atoms with Gasteiger partial charge in [-0.2, -0.15) is 10.2 Å². The van der Waals surface area contributed by atoms with Crippen LogP contribution in [0.1, 0.15) is 18.7 Å². The number of nitriles is 1. The standard InChI is InChI=1S/C12H10BrN3O/c13-10-6-4-9(5-7-10)12-15-11(17-16-12)3-1-2-8-14/h4-7H,1-3H2. The van der Waals surface area contributed by atoms with E-state index in [4.69, 9.17) is 9.78 Å². The molecule has 1 aromatic heterocycles. The van der Waals surface area contributed by atoms with E-state index >= 15 is 0 Å². The highest BCUT2D eigenvalue weighted by molar-refractivity contribution is 9.10. The Labute approximate surface area is 107 Å². The number of rotatable bonds is 4. The highest BCUT2D eigenvalue weighted by atomic mass is 79.9. The third-order valence-electron chi connectivity index (χ3n) is 2.25. The summed E-state index contributed by atoms with van der Waals surface area (Å²) >= 11 is 3.37. The summed E-state index contributed by atoms with van der Waals surface area (Å²) in [4.78, 5) is 4.28. The van der Waals surface area contributed by atoms with Gasteiger partial charge in [0.2, 0.25) is 11.7 Å². The first-order chi connectivity index (χ1) is 8.29. The van der Waals surface area contributed by atoms with Gasteiger partial charge in [0, 0.05) is 22.9 Å². The van der Waals surface area contributed by atoms with Crippen LogP contribution in [0.25, 0.3) is 11.4 Å². The van der Waals surface area contributed by atoms with E-state index in [0.29, 0.717) is 24.6 Å². The van der Waals surface area contributed by atoms with E-state index in [2.05, 4.69) is 32.1 Å². The fourth-order valence-corrected chi connectivity index (χ4v) is 1.66. The third-order valence-corrected chi connectivity index (χ3v) is 2.78. The van der Waals surface area contributed by atoms with E-state index in [0.717, 1.165) is 16.5 Å². The smallest absolute Gasteiger partial charge is 0.226 e. The van der Waals surface area contributed by atoms with Crippen molar-refractivity contribution in [1.29, 1.82) is 5.26 Å². The quantitative estimate of drug-likeness (QED) is 0.811. The molecule has 0 radical (unpaired) electrons. The molecule has 0 aliphatic heterocycles. The molecule has 0 saturated heterocycles. The number of aryl methyl sites for hydroxylation is 1. The molecular weight excluding hydrogens is 282 g/mol. The first kappa shape index (κ1) is 11.8. The van der Waals surface area contributed by atoms with Crippen molar-refractivity contribution in [2.24, 2.45) is 0 Å². The minimum absolute atomic E-state index is 0.510. The van der Waals surface area contributed by atoms with E-state index in [1.165, 1.54) is 0 Å². The summed E-state index contributed by atoms with van der Waals surface area (Å²) in [6, 6.07) is 9.80. The van der Waals surface area contributed by atoms with Crippen LogP contribution in [0.15, 0.2) is 33.3 Å². The molecule has 0 N–H and O–H groups in total. The second-order valence-corrected chi connectivity index (χ2v) is 4.45. The van der Waals surface area contributed by atoms with Crippen molar-refractivity contribution in [2.45, 2.75) is 19.3 Å². The number of benzene rings is 1. The fraction of sp³-hybridized carbons (Fsp3) is 0.250. The largest absolute Gasteiger partial charge is 0.339 e. The SMILES string of the molecule is N#CCCCc1nc(-c2ccc(Br)cc2)no1. The minimum atomic E-state index is 0.510. The molecule has 86 valence electrons. The van der Waals surface area contributed by atoms with Gasteiger partial charge in [-0.3, -0.25) is 0 Å².